The molecule has 1 atom stereocenters. The second-order valence-corrected chi connectivity index (χ2v) is 4.29. The van der Waals surface area contributed by atoms with E-state index in [2.05, 4.69) is 46.1 Å². The number of hydrogen-bond donors (Lipinski definition) is 2. The molecule has 0 saturated carbocycles. The number of nitrogens with two attached hydrogens (primary N) is 1. The van der Waals surface area contributed by atoms with Crippen LogP contribution in [0.3, 0.4) is 0 Å². The number of likely N-dealkylation sites (N-methyl/N-ethyl adjacent to an activating group) is 1. The maximum absolute atomic E-state index is 5.67. The Morgan fingerprint density at radius 2 is 2.12 bits per heavy atom. The van der Waals surface area contributed by atoms with Crippen LogP contribution in [0, 0.1) is 0 Å². The van der Waals surface area contributed by atoms with E-state index in [9.17, 15) is 0 Å². The van der Waals surface area contributed by atoms with Gasteiger partial charge in [-0.15, -0.1) is 0 Å². The van der Waals surface area contributed by atoms with Crippen LogP contribution in [0.15, 0.2) is 0 Å². The second kappa shape index (κ2) is 6.56. The summed E-state index contributed by atoms with van der Waals surface area (Å²) in [6.45, 7) is 6.00. The second-order valence-electron chi connectivity index (χ2n) is 3.95. The summed E-state index contributed by atoms with van der Waals surface area (Å²) in [5, 5.41) is 3.17. The fourth-order valence-corrected chi connectivity index (χ4v) is 1.49. The predicted molar refractivity (Wildman–Crippen MR) is 70.1 cm³/mol. The van der Waals surface area contributed by atoms with Crippen molar-refractivity contribution in [3.05, 3.63) is 5.28 Å². The van der Waals surface area contributed by atoms with Crippen molar-refractivity contribution >= 4 is 23.5 Å². The van der Waals surface area contributed by atoms with Gasteiger partial charge in [0.2, 0.25) is 17.2 Å². The molecule has 1 unspecified atom stereocenters. The third kappa shape index (κ3) is 4.70. The Labute approximate surface area is 107 Å². The Hall–Kier alpha value is -1.14. The number of halogens is 1. The molecular weight excluding hydrogens is 240 g/mol. The van der Waals surface area contributed by atoms with Crippen molar-refractivity contribution in [3.8, 4) is 0 Å². The molecule has 0 amide bonds. The molecule has 0 saturated heterocycles. The lowest BCUT2D eigenvalue weighted by atomic mass is 10.2. The van der Waals surface area contributed by atoms with Crippen molar-refractivity contribution in [2.75, 3.05) is 31.2 Å². The molecule has 0 aliphatic rings. The number of nitrogens with zero attached hydrogens (tertiary/aromatic N) is 4. The molecule has 96 valence electrons. The van der Waals surface area contributed by atoms with Crippen molar-refractivity contribution in [2.24, 2.45) is 0 Å². The highest BCUT2D eigenvalue weighted by atomic mass is 35.5. The molecule has 3 N–H and O–H groups in total. The van der Waals surface area contributed by atoms with Crippen molar-refractivity contribution in [3.63, 3.8) is 0 Å². The fourth-order valence-electron chi connectivity index (χ4n) is 1.32. The number of rotatable bonds is 6. The maximum atomic E-state index is 5.67. The van der Waals surface area contributed by atoms with Crippen LogP contribution in [0.2, 0.25) is 5.28 Å². The van der Waals surface area contributed by atoms with Crippen molar-refractivity contribution < 1.29 is 0 Å². The van der Waals surface area contributed by atoms with Gasteiger partial charge in [0.05, 0.1) is 0 Å². The Bertz CT molecular complexity index is 338. The van der Waals surface area contributed by atoms with E-state index in [0.717, 1.165) is 19.5 Å². The lowest BCUT2D eigenvalue weighted by molar-refractivity contribution is 0.261. The number of hydrogen-bond acceptors (Lipinski definition) is 6. The van der Waals surface area contributed by atoms with Crippen LogP contribution in [-0.4, -0.2) is 46.0 Å². The summed E-state index contributed by atoms with van der Waals surface area (Å²) in [4.78, 5) is 13.8. The first-order chi connectivity index (χ1) is 8.02. The summed E-state index contributed by atoms with van der Waals surface area (Å²) < 4.78 is 0. The molecule has 0 aliphatic heterocycles. The molecule has 1 aromatic heterocycles. The average molecular weight is 259 g/mol. The molecule has 0 aliphatic carbocycles. The summed E-state index contributed by atoms with van der Waals surface area (Å²) in [6.07, 6.45) is 1.13. The van der Waals surface area contributed by atoms with E-state index in [1.165, 1.54) is 0 Å². The summed E-state index contributed by atoms with van der Waals surface area (Å²) in [7, 11) is 2.09. The number of anilines is 2. The lowest BCUT2D eigenvalue weighted by Gasteiger charge is -2.23. The highest BCUT2D eigenvalue weighted by molar-refractivity contribution is 6.28. The van der Waals surface area contributed by atoms with Gasteiger partial charge in [-0.05, 0) is 32.0 Å². The van der Waals surface area contributed by atoms with Gasteiger partial charge in [-0.3, -0.25) is 0 Å². The average Bonchev–Trinajstić information content (AvgIpc) is 2.26. The normalized spacial score (nSPS) is 12.8. The number of aromatic nitrogens is 3. The number of nitrogen functional groups attached to an aromatic ring is 1. The SMILES string of the molecule is CCC(C)N(C)CCNc1nc(N)nc(Cl)n1. The van der Waals surface area contributed by atoms with Gasteiger partial charge in [-0.1, -0.05) is 6.92 Å². The largest absolute Gasteiger partial charge is 0.368 e. The fraction of sp³-hybridized carbons (Fsp3) is 0.700. The Kier molecular flexibility index (Phi) is 5.37. The highest BCUT2D eigenvalue weighted by Gasteiger charge is 2.06. The van der Waals surface area contributed by atoms with Gasteiger partial charge in [0, 0.05) is 19.1 Å². The Morgan fingerprint density at radius 1 is 1.41 bits per heavy atom. The molecule has 1 rings (SSSR count). The zero-order chi connectivity index (χ0) is 12.8. The van der Waals surface area contributed by atoms with E-state index in [1.807, 2.05) is 0 Å². The maximum Gasteiger partial charge on any atom is 0.228 e. The van der Waals surface area contributed by atoms with Crippen LogP contribution in [0.4, 0.5) is 11.9 Å². The molecule has 0 radical (unpaired) electrons. The van der Waals surface area contributed by atoms with E-state index in [-0.39, 0.29) is 11.2 Å². The summed E-state index contributed by atoms with van der Waals surface area (Å²) in [6, 6.07) is 0.559. The first kappa shape index (κ1) is 13.9. The molecule has 7 heteroatoms. The quantitative estimate of drug-likeness (QED) is 0.799. The standard InChI is InChI=1S/C10H19ClN6/c1-4-7(2)17(3)6-5-13-10-15-8(11)14-9(12)16-10/h7H,4-6H2,1-3H3,(H3,12,13,14,15,16). The van der Waals surface area contributed by atoms with E-state index in [4.69, 9.17) is 17.3 Å². The first-order valence-corrected chi connectivity index (χ1v) is 6.02. The third-order valence-electron chi connectivity index (χ3n) is 2.72. The van der Waals surface area contributed by atoms with E-state index < -0.39 is 0 Å². The minimum Gasteiger partial charge on any atom is -0.368 e. The van der Waals surface area contributed by atoms with E-state index in [0.29, 0.717) is 12.0 Å². The lowest BCUT2D eigenvalue weighted by Crippen LogP contribution is -2.33. The molecule has 6 nitrogen and oxygen atoms in total. The highest BCUT2D eigenvalue weighted by Crippen LogP contribution is 2.06. The van der Waals surface area contributed by atoms with Crippen LogP contribution < -0.4 is 11.1 Å². The van der Waals surface area contributed by atoms with Crippen molar-refractivity contribution in [1.82, 2.24) is 19.9 Å². The molecule has 1 heterocycles. The van der Waals surface area contributed by atoms with E-state index >= 15 is 0 Å². The molecule has 0 spiro atoms. The van der Waals surface area contributed by atoms with Gasteiger partial charge in [-0.2, -0.15) is 15.0 Å². The van der Waals surface area contributed by atoms with Gasteiger partial charge in [0.1, 0.15) is 0 Å². The molecule has 1 aromatic rings. The van der Waals surface area contributed by atoms with Crippen molar-refractivity contribution in [1.29, 1.82) is 0 Å². The molecule has 0 bridgehead atoms. The van der Waals surface area contributed by atoms with Gasteiger partial charge in [0.15, 0.2) is 0 Å². The van der Waals surface area contributed by atoms with Crippen molar-refractivity contribution in [2.45, 2.75) is 26.3 Å². The minimum absolute atomic E-state index is 0.107. The van der Waals surface area contributed by atoms with Gasteiger partial charge >= 0.3 is 0 Å². The first-order valence-electron chi connectivity index (χ1n) is 5.64. The monoisotopic (exact) mass is 258 g/mol. The van der Waals surface area contributed by atoms with Gasteiger partial charge in [-0.25, -0.2) is 0 Å². The Balaban J connectivity index is 2.40. The minimum atomic E-state index is 0.107. The zero-order valence-corrected chi connectivity index (χ0v) is 11.2. The smallest absolute Gasteiger partial charge is 0.228 e. The molecular formula is C10H19ClN6. The van der Waals surface area contributed by atoms with Crippen LogP contribution in [0.5, 0.6) is 0 Å². The van der Waals surface area contributed by atoms with E-state index in [1.54, 1.807) is 0 Å². The van der Waals surface area contributed by atoms with Crippen LogP contribution >= 0.6 is 11.6 Å². The van der Waals surface area contributed by atoms with Gasteiger partial charge in [0.25, 0.3) is 0 Å². The number of nitrogens with one attached hydrogen (secondary N) is 1. The zero-order valence-electron chi connectivity index (χ0n) is 10.4. The predicted octanol–water partition coefficient (Wildman–Crippen LogP) is 1.25. The molecule has 17 heavy (non-hydrogen) atoms. The van der Waals surface area contributed by atoms with Gasteiger partial charge < -0.3 is 16.0 Å². The van der Waals surface area contributed by atoms with Crippen LogP contribution in [0.25, 0.3) is 0 Å². The topological polar surface area (TPSA) is 80.0 Å². The van der Waals surface area contributed by atoms with Crippen LogP contribution in [-0.2, 0) is 0 Å². The summed E-state index contributed by atoms with van der Waals surface area (Å²) in [5.74, 6) is 0.544. The molecule has 0 aromatic carbocycles. The molecule has 0 fully saturated rings. The third-order valence-corrected chi connectivity index (χ3v) is 2.89. The van der Waals surface area contributed by atoms with Crippen LogP contribution in [0.1, 0.15) is 20.3 Å². The summed E-state index contributed by atoms with van der Waals surface area (Å²) in [5.41, 5.74) is 5.46. The summed E-state index contributed by atoms with van der Waals surface area (Å²) >= 11 is 5.67. The Morgan fingerprint density at radius 3 is 2.71 bits per heavy atom.